The lowest BCUT2D eigenvalue weighted by Gasteiger charge is -2.20. The van der Waals surface area contributed by atoms with Crippen molar-refractivity contribution in [2.24, 2.45) is 5.73 Å². The first-order chi connectivity index (χ1) is 8.09. The molecule has 4 nitrogen and oxygen atoms in total. The van der Waals surface area contributed by atoms with Crippen LogP contribution in [0.5, 0.6) is 0 Å². The van der Waals surface area contributed by atoms with Gasteiger partial charge >= 0.3 is 0 Å². The minimum absolute atomic E-state index is 0.200. The molecule has 0 spiro atoms. The topological polar surface area (TPSA) is 63.4 Å². The van der Waals surface area contributed by atoms with Crippen molar-refractivity contribution in [2.45, 2.75) is 37.2 Å². The Labute approximate surface area is 102 Å². The van der Waals surface area contributed by atoms with Gasteiger partial charge in [0.05, 0.1) is 4.90 Å². The smallest absolute Gasteiger partial charge is 0.243 e. The third kappa shape index (κ3) is 2.51. The zero-order valence-corrected chi connectivity index (χ0v) is 10.8. The van der Waals surface area contributed by atoms with Crippen molar-refractivity contribution in [3.05, 3.63) is 29.8 Å². The first kappa shape index (κ1) is 12.5. The average molecular weight is 254 g/mol. The Morgan fingerprint density at radius 1 is 1.41 bits per heavy atom. The van der Waals surface area contributed by atoms with Gasteiger partial charge in [-0.1, -0.05) is 19.1 Å². The number of nitrogens with zero attached hydrogens (tertiary/aromatic N) is 1. The van der Waals surface area contributed by atoms with Crippen LogP contribution < -0.4 is 5.73 Å². The predicted octanol–water partition coefficient (Wildman–Crippen LogP) is 1.32. The van der Waals surface area contributed by atoms with E-state index in [9.17, 15) is 8.42 Å². The second kappa shape index (κ2) is 4.76. The van der Waals surface area contributed by atoms with Gasteiger partial charge in [0, 0.05) is 19.1 Å². The van der Waals surface area contributed by atoms with Crippen LogP contribution in [0.4, 0.5) is 0 Å². The lowest BCUT2D eigenvalue weighted by molar-refractivity contribution is 0.421. The number of hydrogen-bond donors (Lipinski definition) is 1. The van der Waals surface area contributed by atoms with Crippen molar-refractivity contribution in [3.8, 4) is 0 Å². The molecule has 2 N–H and O–H groups in total. The SMILES string of the molecule is CCN(C1CC1)S(=O)(=O)c1cccc(CN)c1. The van der Waals surface area contributed by atoms with E-state index in [1.807, 2.05) is 13.0 Å². The summed E-state index contributed by atoms with van der Waals surface area (Å²) >= 11 is 0. The number of nitrogens with two attached hydrogens (primary N) is 1. The highest BCUT2D eigenvalue weighted by Gasteiger charge is 2.36. The Morgan fingerprint density at radius 3 is 2.65 bits per heavy atom. The maximum absolute atomic E-state index is 12.4. The van der Waals surface area contributed by atoms with E-state index in [4.69, 9.17) is 5.73 Å². The van der Waals surface area contributed by atoms with Gasteiger partial charge in [0.15, 0.2) is 0 Å². The summed E-state index contributed by atoms with van der Waals surface area (Å²) in [6.45, 7) is 2.77. The summed E-state index contributed by atoms with van der Waals surface area (Å²) in [4.78, 5) is 0.356. The molecule has 0 amide bonds. The maximum atomic E-state index is 12.4. The summed E-state index contributed by atoms with van der Waals surface area (Å²) < 4.78 is 26.4. The minimum Gasteiger partial charge on any atom is -0.326 e. The molecular formula is C12H18N2O2S. The number of benzene rings is 1. The highest BCUT2D eigenvalue weighted by Crippen LogP contribution is 2.31. The Kier molecular flexibility index (Phi) is 3.51. The second-order valence-corrected chi connectivity index (χ2v) is 6.18. The zero-order valence-electron chi connectivity index (χ0n) is 9.96. The Morgan fingerprint density at radius 2 is 2.12 bits per heavy atom. The van der Waals surface area contributed by atoms with Gasteiger partial charge in [-0.2, -0.15) is 4.31 Å². The van der Waals surface area contributed by atoms with Crippen LogP contribution in [0.15, 0.2) is 29.2 Å². The Hall–Kier alpha value is -0.910. The molecule has 17 heavy (non-hydrogen) atoms. The molecule has 1 aliphatic rings. The first-order valence-electron chi connectivity index (χ1n) is 5.90. The zero-order chi connectivity index (χ0) is 12.5. The van der Waals surface area contributed by atoms with Crippen molar-refractivity contribution in [2.75, 3.05) is 6.54 Å². The largest absolute Gasteiger partial charge is 0.326 e. The van der Waals surface area contributed by atoms with Crippen LogP contribution in [-0.2, 0) is 16.6 Å². The summed E-state index contributed by atoms with van der Waals surface area (Å²) in [5, 5.41) is 0. The van der Waals surface area contributed by atoms with Crippen LogP contribution in [0.3, 0.4) is 0 Å². The van der Waals surface area contributed by atoms with Crippen LogP contribution in [0, 0.1) is 0 Å². The molecule has 1 fully saturated rings. The standard InChI is InChI=1S/C12H18N2O2S/c1-2-14(11-6-7-11)17(15,16)12-5-3-4-10(8-12)9-13/h3-5,8,11H,2,6-7,9,13H2,1H3. The van der Waals surface area contributed by atoms with Gasteiger partial charge in [-0.05, 0) is 30.5 Å². The molecule has 1 aromatic carbocycles. The lowest BCUT2D eigenvalue weighted by Crippen LogP contribution is -2.32. The molecule has 0 radical (unpaired) electrons. The van der Waals surface area contributed by atoms with Crippen molar-refractivity contribution < 1.29 is 8.42 Å². The van der Waals surface area contributed by atoms with E-state index in [0.29, 0.717) is 18.0 Å². The van der Waals surface area contributed by atoms with Crippen molar-refractivity contribution in [3.63, 3.8) is 0 Å². The minimum atomic E-state index is -3.34. The monoisotopic (exact) mass is 254 g/mol. The number of rotatable bonds is 5. The third-order valence-electron chi connectivity index (χ3n) is 3.01. The van der Waals surface area contributed by atoms with Gasteiger partial charge in [0.25, 0.3) is 0 Å². The van der Waals surface area contributed by atoms with Crippen LogP contribution in [0.2, 0.25) is 0 Å². The van der Waals surface area contributed by atoms with E-state index in [-0.39, 0.29) is 6.04 Å². The molecule has 1 aliphatic carbocycles. The molecule has 0 bridgehead atoms. The molecule has 0 aromatic heterocycles. The lowest BCUT2D eigenvalue weighted by atomic mass is 10.2. The summed E-state index contributed by atoms with van der Waals surface area (Å²) in [6, 6.07) is 7.09. The van der Waals surface area contributed by atoms with E-state index in [2.05, 4.69) is 0 Å². The van der Waals surface area contributed by atoms with Gasteiger partial charge in [-0.25, -0.2) is 8.42 Å². The van der Waals surface area contributed by atoms with E-state index in [1.165, 1.54) is 0 Å². The molecule has 2 rings (SSSR count). The molecule has 1 saturated carbocycles. The molecule has 1 aromatic rings. The predicted molar refractivity (Wildman–Crippen MR) is 66.9 cm³/mol. The number of hydrogen-bond acceptors (Lipinski definition) is 3. The van der Waals surface area contributed by atoms with Gasteiger partial charge < -0.3 is 5.73 Å². The molecule has 0 saturated heterocycles. The van der Waals surface area contributed by atoms with E-state index in [0.717, 1.165) is 18.4 Å². The molecule has 0 heterocycles. The fourth-order valence-corrected chi connectivity index (χ4v) is 3.72. The van der Waals surface area contributed by atoms with Gasteiger partial charge in [-0.3, -0.25) is 0 Å². The highest BCUT2D eigenvalue weighted by molar-refractivity contribution is 7.89. The Balaban J connectivity index is 2.35. The van der Waals surface area contributed by atoms with Crippen molar-refractivity contribution in [1.82, 2.24) is 4.31 Å². The van der Waals surface area contributed by atoms with Crippen molar-refractivity contribution >= 4 is 10.0 Å². The summed E-state index contributed by atoms with van der Waals surface area (Å²) in [6.07, 6.45) is 1.95. The Bertz CT molecular complexity index is 495. The molecule has 5 heteroatoms. The molecular weight excluding hydrogens is 236 g/mol. The fraction of sp³-hybridized carbons (Fsp3) is 0.500. The molecule has 94 valence electrons. The highest BCUT2D eigenvalue weighted by atomic mass is 32.2. The molecule has 0 aliphatic heterocycles. The third-order valence-corrected chi connectivity index (χ3v) is 5.03. The summed E-state index contributed by atoms with van der Waals surface area (Å²) in [5.41, 5.74) is 6.38. The average Bonchev–Trinajstić information content (AvgIpc) is 3.14. The molecule has 0 unspecified atom stereocenters. The van der Waals surface area contributed by atoms with Gasteiger partial charge in [0.1, 0.15) is 0 Å². The van der Waals surface area contributed by atoms with Crippen LogP contribution in [0.25, 0.3) is 0 Å². The van der Waals surface area contributed by atoms with Crippen LogP contribution in [-0.4, -0.2) is 25.3 Å². The summed E-state index contributed by atoms with van der Waals surface area (Å²) in [7, 11) is -3.34. The van der Waals surface area contributed by atoms with E-state index in [1.54, 1.807) is 22.5 Å². The first-order valence-corrected chi connectivity index (χ1v) is 7.34. The fourth-order valence-electron chi connectivity index (χ4n) is 1.96. The van der Waals surface area contributed by atoms with Gasteiger partial charge in [0.2, 0.25) is 10.0 Å². The van der Waals surface area contributed by atoms with Crippen molar-refractivity contribution in [1.29, 1.82) is 0 Å². The normalized spacial score (nSPS) is 16.4. The molecule has 0 atom stereocenters. The van der Waals surface area contributed by atoms with Crippen LogP contribution >= 0.6 is 0 Å². The van der Waals surface area contributed by atoms with E-state index < -0.39 is 10.0 Å². The second-order valence-electron chi connectivity index (χ2n) is 4.29. The van der Waals surface area contributed by atoms with E-state index >= 15 is 0 Å². The summed E-state index contributed by atoms with van der Waals surface area (Å²) in [5.74, 6) is 0. The quantitative estimate of drug-likeness (QED) is 0.862. The van der Waals surface area contributed by atoms with Gasteiger partial charge in [-0.15, -0.1) is 0 Å². The number of sulfonamides is 1. The maximum Gasteiger partial charge on any atom is 0.243 e. The van der Waals surface area contributed by atoms with Crippen LogP contribution in [0.1, 0.15) is 25.3 Å².